The second-order valence-corrected chi connectivity index (χ2v) is 28.7. The Bertz CT molecular complexity index is 2990. The van der Waals surface area contributed by atoms with Crippen molar-refractivity contribution in [2.24, 2.45) is 62.7 Å². The van der Waals surface area contributed by atoms with Crippen LogP contribution in [-0.2, 0) is 33.6 Å². The molecule has 0 bridgehead atoms. The van der Waals surface area contributed by atoms with Gasteiger partial charge in [-0.1, -0.05) is 48.0 Å². The molecule has 1 aromatic heterocycles. The Kier molecular flexibility index (Phi) is 20.5. The summed E-state index contributed by atoms with van der Waals surface area (Å²) in [6.45, 7) is 18.3. The fourth-order valence-corrected chi connectivity index (χ4v) is 17.8. The van der Waals surface area contributed by atoms with Gasteiger partial charge in [0.05, 0.1) is 16.3 Å². The third-order valence-electron chi connectivity index (χ3n) is 20.9. The third kappa shape index (κ3) is 13.9. The Labute approximate surface area is 503 Å². The van der Waals surface area contributed by atoms with E-state index >= 15 is 0 Å². The van der Waals surface area contributed by atoms with Crippen LogP contribution in [0.1, 0.15) is 170 Å². The first-order valence-electron chi connectivity index (χ1n) is 30.6. The highest BCUT2D eigenvalue weighted by Gasteiger charge is 2.63. The van der Waals surface area contributed by atoms with Crippen molar-refractivity contribution in [2.45, 2.75) is 183 Å². The molecule has 84 heavy (non-hydrogen) atoms. The molecule has 5 N–H and O–H groups in total. The molecule has 8 rings (SSSR count). The number of ketones is 2. The van der Waals surface area contributed by atoms with Crippen molar-refractivity contribution in [1.29, 1.82) is 0 Å². The monoisotopic (exact) mass is 1200 g/mol. The smallest absolute Gasteiger partial charge is 0.415 e. The molecule has 0 radical (unpaired) electrons. The fraction of sp³-hybridized carbons (Fsp3) is 0.688. The van der Waals surface area contributed by atoms with Gasteiger partial charge in [0, 0.05) is 92.0 Å². The number of thiazole rings is 1. The molecule has 2 aromatic rings. The minimum atomic E-state index is -1.11. The number of aliphatic imine (C=N–C) groups is 1. The molecular formula is C64H90N6O12S2. The molecule has 20 heteroatoms. The zero-order chi connectivity index (χ0) is 61.2. The lowest BCUT2D eigenvalue weighted by molar-refractivity contribution is -0.171. The molecule has 6 aliphatic rings. The molecule has 4 amide bonds. The van der Waals surface area contributed by atoms with Crippen LogP contribution in [0.3, 0.4) is 0 Å². The largest absolute Gasteiger partial charge is 0.480 e. The highest BCUT2D eigenvalue weighted by molar-refractivity contribution is 8.15. The molecule has 12 atom stereocenters. The number of hydrogen-bond donors (Lipinski definition) is 5. The Morgan fingerprint density at radius 2 is 1.61 bits per heavy atom. The van der Waals surface area contributed by atoms with E-state index in [1.54, 1.807) is 59.9 Å². The number of allylic oxidation sites excluding steroid dienone is 4. The first-order valence-corrected chi connectivity index (χ1v) is 32.4. The maximum absolute atomic E-state index is 14.0. The number of thioether (sulfide) groups is 1. The lowest BCUT2D eigenvalue weighted by atomic mass is 9.43. The fourth-order valence-electron chi connectivity index (χ4n) is 15.7. The van der Waals surface area contributed by atoms with Gasteiger partial charge in [-0.25, -0.2) is 19.4 Å². The molecule has 18 nitrogen and oxygen atoms in total. The predicted octanol–water partition coefficient (Wildman–Crippen LogP) is 10.0. The Morgan fingerprint density at radius 3 is 2.32 bits per heavy atom. The molecule has 0 spiro atoms. The summed E-state index contributed by atoms with van der Waals surface area (Å²) in [4.78, 5) is 116. The number of rotatable bonds is 24. The summed E-state index contributed by atoms with van der Waals surface area (Å²) in [7, 11) is 1.59. The van der Waals surface area contributed by atoms with Crippen molar-refractivity contribution in [2.75, 3.05) is 39.0 Å². The number of benzene rings is 1. The number of carboxylic acids is 2. The van der Waals surface area contributed by atoms with Gasteiger partial charge in [0.25, 0.3) is 0 Å². The molecule has 1 aliphatic heterocycles. The molecule has 2 heterocycles. The zero-order valence-corrected chi connectivity index (χ0v) is 52.6. The Hall–Kier alpha value is -5.47. The average Bonchev–Trinajstić information content (AvgIpc) is 1.44. The van der Waals surface area contributed by atoms with Gasteiger partial charge >= 0.3 is 18.0 Å². The lowest BCUT2D eigenvalue weighted by Gasteiger charge is -2.62. The van der Waals surface area contributed by atoms with E-state index in [2.05, 4.69) is 48.3 Å². The van der Waals surface area contributed by atoms with Gasteiger partial charge in [0.1, 0.15) is 21.8 Å². The Balaban J connectivity index is 0.799. The number of ether oxygens (including phenoxy) is 1. The maximum Gasteiger partial charge on any atom is 0.415 e. The number of aliphatic hydroxyl groups excluding tert-OH is 1. The second kappa shape index (κ2) is 26.7. The zero-order valence-electron chi connectivity index (χ0n) is 51.0. The number of aromatic nitrogens is 1. The minimum absolute atomic E-state index is 0.0308. The van der Waals surface area contributed by atoms with E-state index in [-0.39, 0.29) is 111 Å². The van der Waals surface area contributed by atoms with E-state index in [1.807, 2.05) is 0 Å². The van der Waals surface area contributed by atoms with Crippen LogP contribution in [0.15, 0.2) is 45.5 Å². The van der Waals surface area contributed by atoms with E-state index < -0.39 is 35.5 Å². The molecule has 460 valence electrons. The minimum Gasteiger partial charge on any atom is -0.480 e. The molecular weight excluding hydrogens is 1110 g/mol. The number of carbonyl (C=O) groups excluding carboxylic acids is 6. The number of nitrogens with zero attached hydrogens (tertiary/aromatic N) is 4. The molecule has 2 unspecified atom stereocenters. The standard InChI is InChI=1S/C64H90N6O12S2/c1-35-24-25-63(8)40(30-35)17-19-42-44-21-20-43(64(44,9)50(71)32-45(42)63)36(2)16-23-52(73)66-47(59(77)78)14-11-12-26-65-51(72)15-13-27-70(29-28-69(10)53(74)33-62(6,7)54-39(5)55(75)37(3)38(4)56(54)76)61(81)82-41-18-22-46-49(31-41)84-58(67-46)57-68-48(34-83-57)60(79)80/h18,22,31,35-36,40,42-45,47-48,50,71H,11-17,19-21,23-30,32-34H2,1-10H3,(H,65,72)(H,66,73)(H,77,78)(H,79,80)/t35-,36-,40-,42+,43-,44+,45+,47?,48?,50+,63+,64-/m1/s1. The summed E-state index contributed by atoms with van der Waals surface area (Å²) in [5, 5.41) is 38.3. The van der Waals surface area contributed by atoms with Gasteiger partial charge in [-0.3, -0.25) is 29.0 Å². The van der Waals surface area contributed by atoms with E-state index in [1.165, 1.54) is 65.0 Å². The third-order valence-corrected chi connectivity index (χ3v) is 23.1. The first-order chi connectivity index (χ1) is 39.6. The van der Waals surface area contributed by atoms with Crippen LogP contribution < -0.4 is 15.4 Å². The van der Waals surface area contributed by atoms with Crippen LogP contribution in [0.2, 0.25) is 0 Å². The van der Waals surface area contributed by atoms with Gasteiger partial charge in [0.2, 0.25) is 17.7 Å². The number of fused-ring (bicyclic) bond motifs is 6. The van der Waals surface area contributed by atoms with Crippen LogP contribution in [-0.4, -0.2) is 140 Å². The molecule has 4 saturated carbocycles. The van der Waals surface area contributed by atoms with Crippen molar-refractivity contribution < 1.29 is 58.4 Å². The summed E-state index contributed by atoms with van der Waals surface area (Å²) in [6, 6.07) is 3.03. The van der Waals surface area contributed by atoms with Crippen LogP contribution in [0.4, 0.5) is 4.79 Å². The number of Topliss-reactive ketones (excluding diaryl/α,β-unsaturated/α-hetero) is 2. The van der Waals surface area contributed by atoms with Crippen molar-refractivity contribution >= 4 is 85.7 Å². The van der Waals surface area contributed by atoms with Crippen LogP contribution in [0.25, 0.3) is 10.2 Å². The quantitative estimate of drug-likeness (QED) is 0.0484. The van der Waals surface area contributed by atoms with Crippen molar-refractivity contribution in [3.63, 3.8) is 0 Å². The Morgan fingerprint density at radius 1 is 0.869 bits per heavy atom. The van der Waals surface area contributed by atoms with E-state index in [0.29, 0.717) is 96.7 Å². The SMILES string of the molecule is CC1=C(C)C(=O)C(C(C)(C)CC(=O)N(C)CCN(CCCC(=O)NCCCCC(NC(=O)CC[C@@H](C)[C@H]2CC[C@H]3[C@@H]4CC[C@@H]5C[C@H](C)CC[C@]5(C)[C@H]4C[C@H](O)[C@]23C)C(=O)O)C(=O)Oc2ccc3nc(C4=NC(C(=O)O)CS4)sc3c2)=C(C)C1=O. The van der Waals surface area contributed by atoms with Crippen LogP contribution in [0.5, 0.6) is 5.75 Å². The van der Waals surface area contributed by atoms with Gasteiger partial charge in [-0.2, -0.15) is 0 Å². The average molecular weight is 1200 g/mol. The van der Waals surface area contributed by atoms with Gasteiger partial charge < -0.3 is 40.5 Å². The molecule has 1 aromatic carbocycles. The summed E-state index contributed by atoms with van der Waals surface area (Å²) in [6.07, 6.45) is 10.5. The number of carbonyl (C=O) groups is 8. The van der Waals surface area contributed by atoms with Crippen molar-refractivity contribution in [3.8, 4) is 5.75 Å². The number of carboxylic acid groups (broad SMARTS) is 2. The van der Waals surface area contributed by atoms with Crippen LogP contribution >= 0.6 is 23.1 Å². The summed E-state index contributed by atoms with van der Waals surface area (Å²) >= 11 is 2.61. The van der Waals surface area contributed by atoms with Gasteiger partial charge in [-0.15, -0.1) is 23.1 Å². The predicted molar refractivity (Wildman–Crippen MR) is 325 cm³/mol. The van der Waals surface area contributed by atoms with E-state index in [9.17, 15) is 53.7 Å². The summed E-state index contributed by atoms with van der Waals surface area (Å²) < 4.78 is 6.56. The normalized spacial score (nSPS) is 28.4. The molecule has 0 saturated heterocycles. The van der Waals surface area contributed by atoms with Crippen molar-refractivity contribution in [3.05, 3.63) is 45.5 Å². The van der Waals surface area contributed by atoms with E-state index in [4.69, 9.17) is 4.74 Å². The number of aliphatic carboxylic acids is 2. The van der Waals surface area contributed by atoms with Gasteiger partial charge in [-0.05, 0) is 162 Å². The van der Waals surface area contributed by atoms with Crippen LogP contribution in [0, 0.1) is 57.7 Å². The second-order valence-electron chi connectivity index (χ2n) is 26.6. The number of hydrogen-bond acceptors (Lipinski definition) is 14. The number of likely N-dealkylation sites (N-methyl/N-ethyl adjacent to an activating group) is 1. The highest BCUT2D eigenvalue weighted by atomic mass is 32.2. The van der Waals surface area contributed by atoms with E-state index in [0.717, 1.165) is 31.1 Å². The molecule has 5 aliphatic carbocycles. The lowest BCUT2D eigenvalue weighted by Crippen LogP contribution is -2.58. The first kappa shape index (κ1) is 64.5. The molecule has 4 fully saturated rings. The maximum atomic E-state index is 14.0. The summed E-state index contributed by atoms with van der Waals surface area (Å²) in [5.41, 5.74) is 1.14. The number of aliphatic hydroxyl groups is 1. The number of nitrogens with one attached hydrogen (secondary N) is 2. The van der Waals surface area contributed by atoms with Gasteiger partial charge in [0.15, 0.2) is 17.6 Å². The number of unbranched alkanes of at least 4 members (excludes halogenated alkanes) is 1. The number of amides is 4. The van der Waals surface area contributed by atoms with Crippen molar-refractivity contribution in [1.82, 2.24) is 25.4 Å². The highest BCUT2D eigenvalue weighted by Crippen LogP contribution is 2.68. The summed E-state index contributed by atoms with van der Waals surface area (Å²) in [5.74, 6) is 0.779. The topological polar surface area (TPSA) is 262 Å².